The van der Waals surface area contributed by atoms with E-state index in [2.05, 4.69) is 10.3 Å². The second-order valence-electron chi connectivity index (χ2n) is 7.04. The normalized spacial score (nSPS) is 12.6. The third-order valence-electron chi connectivity index (χ3n) is 4.94. The maximum Gasteiger partial charge on any atom is 0.253 e. The van der Waals surface area contributed by atoms with E-state index in [0.717, 1.165) is 15.8 Å². The second kappa shape index (κ2) is 9.29. The van der Waals surface area contributed by atoms with E-state index in [-0.39, 0.29) is 18.2 Å². The van der Waals surface area contributed by atoms with Gasteiger partial charge in [0.1, 0.15) is 0 Å². The quantitative estimate of drug-likeness (QED) is 0.472. The maximum absolute atomic E-state index is 12.9. The number of hydrogen-bond acceptors (Lipinski definition) is 3. The Morgan fingerprint density at radius 3 is 2.42 bits per heavy atom. The Morgan fingerprint density at radius 2 is 1.68 bits per heavy atom. The molecule has 7 heteroatoms. The number of fused-ring (bicyclic) bond motifs is 1. The van der Waals surface area contributed by atoms with Crippen LogP contribution >= 0.6 is 22.9 Å². The molecular weight excluding hydrogens is 430 g/mol. The fourth-order valence-electron chi connectivity index (χ4n) is 3.33. The molecule has 0 saturated carbocycles. The van der Waals surface area contributed by atoms with Crippen LogP contribution in [0.5, 0.6) is 0 Å². The van der Waals surface area contributed by atoms with Crippen LogP contribution in [0.25, 0.3) is 10.2 Å². The highest BCUT2D eigenvalue weighted by molar-refractivity contribution is 7.16. The van der Waals surface area contributed by atoms with E-state index >= 15 is 0 Å². The lowest BCUT2D eigenvalue weighted by Crippen LogP contribution is -2.30. The SMILES string of the molecule is Cn1c(=NC(=O)C[C@@H](NC(=O)c2ccccc2Cl)c2ccccc2)sc2ccccc21. The van der Waals surface area contributed by atoms with Crippen LogP contribution < -0.4 is 10.1 Å². The zero-order valence-electron chi connectivity index (χ0n) is 16.8. The molecule has 0 saturated heterocycles. The molecule has 0 aliphatic heterocycles. The van der Waals surface area contributed by atoms with E-state index in [1.54, 1.807) is 24.3 Å². The highest BCUT2D eigenvalue weighted by Gasteiger charge is 2.20. The minimum absolute atomic E-state index is 0.0362. The number of hydrogen-bond donors (Lipinski definition) is 1. The highest BCUT2D eigenvalue weighted by Crippen LogP contribution is 2.21. The Kier molecular flexibility index (Phi) is 6.30. The van der Waals surface area contributed by atoms with Crippen LogP contribution in [0.3, 0.4) is 0 Å². The smallest absolute Gasteiger partial charge is 0.253 e. The molecule has 0 bridgehead atoms. The summed E-state index contributed by atoms with van der Waals surface area (Å²) in [6, 6.07) is 23.6. The van der Waals surface area contributed by atoms with Gasteiger partial charge in [-0.2, -0.15) is 4.99 Å². The third-order valence-corrected chi connectivity index (χ3v) is 6.38. The van der Waals surface area contributed by atoms with Crippen molar-refractivity contribution in [3.63, 3.8) is 0 Å². The van der Waals surface area contributed by atoms with Crippen LogP contribution in [0, 0.1) is 0 Å². The van der Waals surface area contributed by atoms with Crippen LogP contribution in [0.15, 0.2) is 83.9 Å². The molecule has 1 heterocycles. The number of nitrogens with one attached hydrogen (secondary N) is 1. The predicted molar refractivity (Wildman–Crippen MR) is 124 cm³/mol. The summed E-state index contributed by atoms with van der Waals surface area (Å²) < 4.78 is 2.96. The van der Waals surface area contributed by atoms with E-state index in [9.17, 15) is 9.59 Å². The summed E-state index contributed by atoms with van der Waals surface area (Å²) in [5.74, 6) is -0.643. The second-order valence-corrected chi connectivity index (χ2v) is 8.45. The first-order valence-electron chi connectivity index (χ1n) is 9.75. The monoisotopic (exact) mass is 449 g/mol. The number of para-hydroxylation sites is 1. The first kappa shape index (κ1) is 21.0. The van der Waals surface area contributed by atoms with Crippen LogP contribution in [-0.2, 0) is 11.8 Å². The molecule has 0 fully saturated rings. The average Bonchev–Trinajstić information content (AvgIpc) is 3.09. The van der Waals surface area contributed by atoms with Gasteiger partial charge in [-0.25, -0.2) is 0 Å². The van der Waals surface area contributed by atoms with E-state index in [1.165, 1.54) is 11.3 Å². The zero-order valence-corrected chi connectivity index (χ0v) is 18.4. The molecule has 4 aromatic rings. The lowest BCUT2D eigenvalue weighted by molar-refractivity contribution is -0.118. The summed E-state index contributed by atoms with van der Waals surface area (Å²) in [7, 11) is 1.89. The summed E-state index contributed by atoms with van der Waals surface area (Å²) in [6.07, 6.45) is 0.0362. The zero-order chi connectivity index (χ0) is 21.8. The number of nitrogens with zero attached hydrogens (tertiary/aromatic N) is 2. The number of rotatable bonds is 5. The van der Waals surface area contributed by atoms with Gasteiger partial charge in [-0.3, -0.25) is 9.59 Å². The van der Waals surface area contributed by atoms with Gasteiger partial charge >= 0.3 is 0 Å². The minimum atomic E-state index is -0.527. The molecule has 0 spiro atoms. The molecule has 0 unspecified atom stereocenters. The molecule has 0 aliphatic carbocycles. The van der Waals surface area contributed by atoms with Gasteiger partial charge in [-0.1, -0.05) is 77.5 Å². The molecule has 1 N–H and O–H groups in total. The van der Waals surface area contributed by atoms with Crippen molar-refractivity contribution in [1.82, 2.24) is 9.88 Å². The van der Waals surface area contributed by atoms with Crippen molar-refractivity contribution in [2.45, 2.75) is 12.5 Å². The fourth-order valence-corrected chi connectivity index (χ4v) is 4.59. The lowest BCUT2D eigenvalue weighted by atomic mass is 10.0. The minimum Gasteiger partial charge on any atom is -0.345 e. The molecule has 1 aromatic heterocycles. The number of benzene rings is 3. The molecule has 5 nitrogen and oxygen atoms in total. The fraction of sp³-hybridized carbons (Fsp3) is 0.125. The number of carbonyl (C=O) groups is 2. The molecule has 2 amide bonds. The molecule has 31 heavy (non-hydrogen) atoms. The van der Waals surface area contributed by atoms with Gasteiger partial charge < -0.3 is 9.88 Å². The largest absolute Gasteiger partial charge is 0.345 e. The summed E-state index contributed by atoms with van der Waals surface area (Å²) in [4.78, 5) is 30.6. The van der Waals surface area contributed by atoms with Crippen molar-refractivity contribution in [3.8, 4) is 0 Å². The Labute approximate surface area is 188 Å². The number of aryl methyl sites for hydroxylation is 1. The van der Waals surface area contributed by atoms with Crippen molar-refractivity contribution in [2.75, 3.05) is 0 Å². The molecule has 4 rings (SSSR count). The molecule has 1 atom stereocenters. The molecule has 156 valence electrons. The van der Waals surface area contributed by atoms with Crippen molar-refractivity contribution >= 4 is 45.0 Å². The van der Waals surface area contributed by atoms with Gasteiger partial charge in [-0.15, -0.1) is 0 Å². The van der Waals surface area contributed by atoms with Gasteiger partial charge in [0.25, 0.3) is 11.8 Å². The molecule has 3 aromatic carbocycles. The maximum atomic E-state index is 12.9. The van der Waals surface area contributed by atoms with Crippen LogP contribution in [0.2, 0.25) is 5.02 Å². The van der Waals surface area contributed by atoms with Crippen LogP contribution in [0.1, 0.15) is 28.4 Å². The van der Waals surface area contributed by atoms with Crippen molar-refractivity contribution < 1.29 is 9.59 Å². The Bertz CT molecular complexity index is 1310. The van der Waals surface area contributed by atoms with E-state index < -0.39 is 6.04 Å². The summed E-state index contributed by atoms with van der Waals surface area (Å²) in [5.41, 5.74) is 2.21. The van der Waals surface area contributed by atoms with Crippen molar-refractivity contribution in [1.29, 1.82) is 0 Å². The number of carbonyl (C=O) groups excluding carboxylic acids is 2. The summed E-state index contributed by atoms with van der Waals surface area (Å²) >= 11 is 7.63. The average molecular weight is 450 g/mol. The lowest BCUT2D eigenvalue weighted by Gasteiger charge is -2.18. The standard InChI is InChI=1S/C24H20ClN3O2S/c1-28-20-13-7-8-14-21(20)31-24(28)27-22(29)15-19(16-9-3-2-4-10-16)26-23(30)17-11-5-6-12-18(17)25/h2-14,19H,15H2,1H3,(H,26,30)/t19-/m1/s1. The van der Waals surface area contributed by atoms with Crippen LogP contribution in [-0.4, -0.2) is 16.4 Å². The third kappa shape index (κ3) is 4.76. The summed E-state index contributed by atoms with van der Waals surface area (Å²) in [5, 5.41) is 3.30. The Hall–Kier alpha value is -3.22. The predicted octanol–water partition coefficient (Wildman–Crippen LogP) is 4.88. The molecule has 0 radical (unpaired) electrons. The first-order valence-corrected chi connectivity index (χ1v) is 10.9. The van der Waals surface area contributed by atoms with Gasteiger partial charge in [0, 0.05) is 7.05 Å². The van der Waals surface area contributed by atoms with Gasteiger partial charge in [-0.05, 0) is 29.8 Å². The Morgan fingerprint density at radius 1 is 1.00 bits per heavy atom. The number of amides is 2. The van der Waals surface area contributed by atoms with E-state index in [1.807, 2.05) is 66.2 Å². The van der Waals surface area contributed by atoms with E-state index in [0.29, 0.717) is 15.4 Å². The first-order chi connectivity index (χ1) is 15.0. The summed E-state index contributed by atoms with van der Waals surface area (Å²) in [6.45, 7) is 0. The van der Waals surface area contributed by atoms with Crippen LogP contribution in [0.4, 0.5) is 0 Å². The van der Waals surface area contributed by atoms with Crippen molar-refractivity contribution in [2.24, 2.45) is 12.0 Å². The van der Waals surface area contributed by atoms with Gasteiger partial charge in [0.15, 0.2) is 4.80 Å². The van der Waals surface area contributed by atoms with E-state index in [4.69, 9.17) is 11.6 Å². The number of aromatic nitrogens is 1. The highest BCUT2D eigenvalue weighted by atomic mass is 35.5. The topological polar surface area (TPSA) is 63.5 Å². The Balaban J connectivity index is 1.61. The van der Waals surface area contributed by atoms with Gasteiger partial charge in [0.05, 0.1) is 33.3 Å². The molecule has 0 aliphatic rings. The molecular formula is C24H20ClN3O2S. The van der Waals surface area contributed by atoms with Gasteiger partial charge in [0.2, 0.25) is 0 Å². The number of thiazole rings is 1. The number of halogens is 1. The van der Waals surface area contributed by atoms with Crippen molar-refractivity contribution in [3.05, 3.63) is 99.8 Å².